The zero-order valence-electron chi connectivity index (χ0n) is 7.51. The number of aromatic nitrogens is 4. The summed E-state index contributed by atoms with van der Waals surface area (Å²) in [5.74, 6) is -0.994. The molecule has 1 N–H and O–H groups in total. The van der Waals surface area contributed by atoms with Gasteiger partial charge in [-0.15, -0.1) is 5.10 Å². The van der Waals surface area contributed by atoms with Crippen molar-refractivity contribution in [1.82, 2.24) is 19.8 Å². The van der Waals surface area contributed by atoms with Gasteiger partial charge in [0, 0.05) is 6.20 Å². The molecule has 0 aliphatic rings. The summed E-state index contributed by atoms with van der Waals surface area (Å²) >= 11 is 0. The van der Waals surface area contributed by atoms with Crippen LogP contribution in [0.1, 0.15) is 23.0 Å². The van der Waals surface area contributed by atoms with Crippen molar-refractivity contribution in [2.45, 2.75) is 13.3 Å². The first-order valence-electron chi connectivity index (χ1n) is 4.15. The average Bonchev–Trinajstić information content (AvgIpc) is 2.63. The highest BCUT2D eigenvalue weighted by molar-refractivity contribution is 5.88. The van der Waals surface area contributed by atoms with Gasteiger partial charge in [-0.1, -0.05) is 12.1 Å². The second-order valence-electron chi connectivity index (χ2n) is 2.78. The van der Waals surface area contributed by atoms with Gasteiger partial charge >= 0.3 is 5.97 Å². The molecule has 0 radical (unpaired) electrons. The monoisotopic (exact) mass is 192 g/mol. The first kappa shape index (κ1) is 8.61. The Kier molecular flexibility index (Phi) is 1.88. The van der Waals surface area contributed by atoms with Crippen LogP contribution in [0, 0.1) is 0 Å². The summed E-state index contributed by atoms with van der Waals surface area (Å²) in [6.45, 7) is 1.86. The van der Waals surface area contributed by atoms with Crippen LogP contribution < -0.4 is 0 Å². The first-order valence-corrected chi connectivity index (χ1v) is 4.15. The van der Waals surface area contributed by atoms with Crippen molar-refractivity contribution in [2.24, 2.45) is 0 Å². The van der Waals surface area contributed by atoms with Crippen LogP contribution in [0.5, 0.6) is 0 Å². The number of aryl methyl sites for hydroxylation is 1. The molecule has 14 heavy (non-hydrogen) atoms. The van der Waals surface area contributed by atoms with E-state index in [2.05, 4.69) is 15.3 Å². The van der Waals surface area contributed by atoms with Gasteiger partial charge in [-0.2, -0.15) is 4.52 Å². The molecule has 0 fully saturated rings. The van der Waals surface area contributed by atoms with E-state index >= 15 is 0 Å². The summed E-state index contributed by atoms with van der Waals surface area (Å²) in [6, 6.07) is 0. The predicted molar refractivity (Wildman–Crippen MR) is 47.1 cm³/mol. The van der Waals surface area contributed by atoms with Gasteiger partial charge in [-0.25, -0.2) is 9.78 Å². The van der Waals surface area contributed by atoms with Crippen LogP contribution in [0.25, 0.3) is 5.65 Å². The summed E-state index contributed by atoms with van der Waals surface area (Å²) in [6.07, 6.45) is 3.40. The molecule has 72 valence electrons. The van der Waals surface area contributed by atoms with E-state index in [1.165, 1.54) is 16.9 Å². The first-order chi connectivity index (χ1) is 6.74. The van der Waals surface area contributed by atoms with Crippen molar-refractivity contribution in [3.63, 3.8) is 0 Å². The van der Waals surface area contributed by atoms with Crippen LogP contribution >= 0.6 is 0 Å². The maximum atomic E-state index is 10.8. The van der Waals surface area contributed by atoms with Gasteiger partial charge < -0.3 is 5.11 Å². The lowest BCUT2D eigenvalue weighted by atomic mass is 10.2. The van der Waals surface area contributed by atoms with Gasteiger partial charge in [0.05, 0.1) is 17.5 Å². The Morgan fingerprint density at radius 2 is 2.36 bits per heavy atom. The Morgan fingerprint density at radius 3 is 3.00 bits per heavy atom. The molecule has 0 bridgehead atoms. The van der Waals surface area contributed by atoms with Crippen LogP contribution in [-0.2, 0) is 6.42 Å². The van der Waals surface area contributed by atoms with E-state index in [4.69, 9.17) is 5.11 Å². The molecule has 2 heterocycles. The summed E-state index contributed by atoms with van der Waals surface area (Å²) in [5, 5.41) is 16.3. The summed E-state index contributed by atoms with van der Waals surface area (Å²) in [5.41, 5.74) is 1.34. The third-order valence-corrected chi connectivity index (χ3v) is 1.99. The normalized spacial score (nSPS) is 10.6. The van der Waals surface area contributed by atoms with E-state index in [1.54, 1.807) is 0 Å². The molecule has 0 atom stereocenters. The fourth-order valence-electron chi connectivity index (χ4n) is 1.35. The maximum Gasteiger partial charge on any atom is 0.339 e. The van der Waals surface area contributed by atoms with E-state index in [1.807, 2.05) is 6.92 Å². The molecule has 0 spiro atoms. The molecule has 0 aromatic carbocycles. The Hall–Kier alpha value is -1.98. The molecule has 0 saturated heterocycles. The minimum atomic E-state index is -0.994. The number of carboxylic acids is 1. The van der Waals surface area contributed by atoms with Crippen LogP contribution in [0.2, 0.25) is 0 Å². The molecule has 0 aliphatic heterocycles. The van der Waals surface area contributed by atoms with Crippen molar-refractivity contribution >= 4 is 11.6 Å². The minimum Gasteiger partial charge on any atom is -0.478 e. The Labute approximate surface area is 79.2 Å². The molecule has 0 saturated carbocycles. The average molecular weight is 192 g/mol. The molecular formula is C8H8N4O2. The minimum absolute atomic E-state index is 0.172. The van der Waals surface area contributed by atoms with Crippen molar-refractivity contribution in [3.05, 3.63) is 23.7 Å². The predicted octanol–water partition coefficient (Wildman–Crippen LogP) is 0.385. The van der Waals surface area contributed by atoms with Gasteiger partial charge in [0.25, 0.3) is 0 Å². The van der Waals surface area contributed by atoms with Gasteiger partial charge in [-0.3, -0.25) is 0 Å². The molecular weight excluding hydrogens is 184 g/mol. The van der Waals surface area contributed by atoms with E-state index in [-0.39, 0.29) is 5.56 Å². The lowest BCUT2D eigenvalue weighted by molar-refractivity contribution is 0.0694. The Morgan fingerprint density at radius 1 is 1.57 bits per heavy atom. The van der Waals surface area contributed by atoms with Crippen molar-refractivity contribution < 1.29 is 9.90 Å². The molecule has 2 aromatic heterocycles. The van der Waals surface area contributed by atoms with Crippen LogP contribution in [0.4, 0.5) is 0 Å². The molecule has 2 rings (SSSR count). The topological polar surface area (TPSA) is 80.4 Å². The summed E-state index contributed by atoms with van der Waals surface area (Å²) < 4.78 is 1.45. The van der Waals surface area contributed by atoms with E-state index in [9.17, 15) is 4.79 Å². The highest BCUT2D eigenvalue weighted by Crippen LogP contribution is 2.09. The summed E-state index contributed by atoms with van der Waals surface area (Å²) in [4.78, 5) is 14.8. The van der Waals surface area contributed by atoms with E-state index in [0.29, 0.717) is 17.8 Å². The highest BCUT2D eigenvalue weighted by Gasteiger charge is 2.13. The molecule has 6 nitrogen and oxygen atoms in total. The number of carbonyl (C=O) groups is 1. The number of nitrogens with zero attached hydrogens (tertiary/aromatic N) is 4. The number of aromatic carboxylic acids is 1. The lowest BCUT2D eigenvalue weighted by Gasteiger charge is -2.03. The van der Waals surface area contributed by atoms with Crippen LogP contribution in [-0.4, -0.2) is 30.9 Å². The molecule has 0 amide bonds. The van der Waals surface area contributed by atoms with Crippen molar-refractivity contribution in [3.8, 4) is 0 Å². The van der Waals surface area contributed by atoms with Gasteiger partial charge in [0.15, 0.2) is 5.65 Å². The van der Waals surface area contributed by atoms with Gasteiger partial charge in [0.2, 0.25) is 0 Å². The fraction of sp³-hybridized carbons (Fsp3) is 0.250. The van der Waals surface area contributed by atoms with Crippen molar-refractivity contribution in [2.75, 3.05) is 0 Å². The van der Waals surface area contributed by atoms with Gasteiger partial charge in [0.1, 0.15) is 0 Å². The third kappa shape index (κ3) is 1.12. The quantitative estimate of drug-likeness (QED) is 0.744. The SMILES string of the molecule is CCc1c(C(=O)O)cnc2cnnn12. The van der Waals surface area contributed by atoms with E-state index < -0.39 is 5.97 Å². The number of hydrogen-bond donors (Lipinski definition) is 1. The van der Waals surface area contributed by atoms with Gasteiger partial charge in [-0.05, 0) is 6.42 Å². The smallest absolute Gasteiger partial charge is 0.339 e. The second kappa shape index (κ2) is 3.06. The highest BCUT2D eigenvalue weighted by atomic mass is 16.4. The standard InChI is InChI=1S/C8H8N4O2/c1-2-6-5(8(13)14)3-9-7-4-10-11-12(6)7/h3-4H,2H2,1H3,(H,13,14). The second-order valence-corrected chi connectivity index (χ2v) is 2.78. The molecule has 0 unspecified atom stereocenters. The number of hydrogen-bond acceptors (Lipinski definition) is 4. The van der Waals surface area contributed by atoms with Crippen molar-refractivity contribution in [1.29, 1.82) is 0 Å². The maximum absolute atomic E-state index is 10.8. The third-order valence-electron chi connectivity index (χ3n) is 1.99. The Bertz CT molecular complexity index is 491. The van der Waals surface area contributed by atoms with E-state index in [0.717, 1.165) is 0 Å². The zero-order valence-corrected chi connectivity index (χ0v) is 7.51. The molecule has 2 aromatic rings. The molecule has 6 heteroatoms. The lowest BCUT2D eigenvalue weighted by Crippen LogP contribution is -2.09. The van der Waals surface area contributed by atoms with Crippen LogP contribution in [0.15, 0.2) is 12.4 Å². The number of carboxylic acid groups (broad SMARTS) is 1. The number of fused-ring (bicyclic) bond motifs is 1. The zero-order chi connectivity index (χ0) is 10.1. The van der Waals surface area contributed by atoms with Crippen LogP contribution in [0.3, 0.4) is 0 Å². The summed E-state index contributed by atoms with van der Waals surface area (Å²) in [7, 11) is 0. The fourth-order valence-corrected chi connectivity index (χ4v) is 1.35. The molecule has 0 aliphatic carbocycles. The largest absolute Gasteiger partial charge is 0.478 e. The Balaban J connectivity index is 2.78. The number of rotatable bonds is 2.